The lowest BCUT2D eigenvalue weighted by Crippen LogP contribution is -1.93. The van der Waals surface area contributed by atoms with Crippen molar-refractivity contribution < 1.29 is 4.92 Å². The molecule has 0 aliphatic carbocycles. The highest BCUT2D eigenvalue weighted by atomic mass is 35.6. The maximum absolute atomic E-state index is 10.3. The topological polar surface area (TPSA) is 43.1 Å². The van der Waals surface area contributed by atoms with Crippen LogP contribution >= 0.6 is 46.6 Å². The fraction of sp³-hybridized carbons (Fsp3) is 0.143. The minimum Gasteiger partial charge on any atom is -0.258 e. The van der Waals surface area contributed by atoms with E-state index in [4.69, 9.17) is 34.8 Å². The second-order valence-corrected chi connectivity index (χ2v) is 6.54. The van der Waals surface area contributed by atoms with E-state index in [-0.39, 0.29) is 5.69 Å². The summed E-state index contributed by atoms with van der Waals surface area (Å²) in [5.41, 5.74) is 0.0127. The Morgan fingerprint density at radius 2 is 1.71 bits per heavy atom. The SMILES string of the molecule is O=[N+]([O-])c1ccc(SC(Cl)(Cl)Cl)cc1. The number of alkyl halides is 3. The first-order valence-corrected chi connectivity index (χ1v) is 5.34. The molecule has 1 rings (SSSR count). The molecule has 1 aromatic carbocycles. The molecule has 0 fully saturated rings. The average Bonchev–Trinajstić information content (AvgIpc) is 2.02. The second-order valence-electron chi connectivity index (χ2n) is 2.30. The Balaban J connectivity index is 2.79. The summed E-state index contributed by atoms with van der Waals surface area (Å²) in [7, 11) is 0. The summed E-state index contributed by atoms with van der Waals surface area (Å²) in [4.78, 5) is 10.5. The number of rotatable bonds is 2. The van der Waals surface area contributed by atoms with E-state index in [2.05, 4.69) is 0 Å². The van der Waals surface area contributed by atoms with Gasteiger partial charge in [0, 0.05) is 17.0 Å². The number of nitrogens with zero attached hydrogens (tertiary/aromatic N) is 1. The molecule has 0 aliphatic heterocycles. The summed E-state index contributed by atoms with van der Waals surface area (Å²) in [6.45, 7) is 0. The third-order valence-electron chi connectivity index (χ3n) is 1.28. The number of hydrogen-bond acceptors (Lipinski definition) is 3. The van der Waals surface area contributed by atoms with Crippen molar-refractivity contribution in [1.82, 2.24) is 0 Å². The lowest BCUT2D eigenvalue weighted by atomic mass is 10.3. The minimum absolute atomic E-state index is 0.0127. The van der Waals surface area contributed by atoms with E-state index in [1.54, 1.807) is 0 Å². The zero-order chi connectivity index (χ0) is 10.8. The van der Waals surface area contributed by atoms with Crippen molar-refractivity contribution in [3.63, 3.8) is 0 Å². The molecule has 0 saturated carbocycles. The summed E-state index contributed by atoms with van der Waals surface area (Å²) in [5, 5.41) is 10.3. The van der Waals surface area contributed by atoms with E-state index in [0.29, 0.717) is 4.90 Å². The van der Waals surface area contributed by atoms with Crippen molar-refractivity contribution in [2.75, 3.05) is 0 Å². The van der Waals surface area contributed by atoms with E-state index in [9.17, 15) is 10.1 Å². The number of benzene rings is 1. The number of thioether (sulfide) groups is 1. The fourth-order valence-corrected chi connectivity index (χ4v) is 2.11. The van der Waals surface area contributed by atoms with E-state index >= 15 is 0 Å². The lowest BCUT2D eigenvalue weighted by molar-refractivity contribution is -0.384. The van der Waals surface area contributed by atoms with Crippen LogP contribution in [0.1, 0.15) is 0 Å². The van der Waals surface area contributed by atoms with Crippen LogP contribution in [0, 0.1) is 10.1 Å². The highest BCUT2D eigenvalue weighted by Gasteiger charge is 2.21. The molecule has 3 nitrogen and oxygen atoms in total. The third kappa shape index (κ3) is 3.92. The molecule has 0 unspecified atom stereocenters. The van der Waals surface area contributed by atoms with Gasteiger partial charge in [-0.15, -0.1) is 0 Å². The maximum atomic E-state index is 10.3. The number of nitro benzene ring substituents is 1. The first kappa shape index (κ1) is 11.9. The van der Waals surface area contributed by atoms with Crippen molar-refractivity contribution in [2.45, 2.75) is 8.02 Å². The van der Waals surface area contributed by atoms with Gasteiger partial charge < -0.3 is 0 Å². The molecule has 0 amide bonds. The number of non-ortho nitro benzene ring substituents is 1. The molecule has 14 heavy (non-hydrogen) atoms. The molecule has 76 valence electrons. The van der Waals surface area contributed by atoms with Gasteiger partial charge in [0.1, 0.15) is 0 Å². The van der Waals surface area contributed by atoms with E-state index in [1.165, 1.54) is 24.3 Å². The normalized spacial score (nSPS) is 11.4. The predicted octanol–water partition coefficient (Wildman–Crippen LogP) is 4.01. The molecule has 0 aliphatic rings. The van der Waals surface area contributed by atoms with Gasteiger partial charge >= 0.3 is 0 Å². The quantitative estimate of drug-likeness (QED) is 0.353. The Bertz CT molecular complexity index is 336. The van der Waals surface area contributed by atoms with Crippen molar-refractivity contribution in [2.24, 2.45) is 0 Å². The van der Waals surface area contributed by atoms with Gasteiger partial charge in [-0.05, 0) is 12.1 Å². The molecule has 0 radical (unpaired) electrons. The Kier molecular flexibility index (Phi) is 3.89. The molecule has 0 spiro atoms. The highest BCUT2D eigenvalue weighted by molar-refractivity contribution is 8.04. The van der Waals surface area contributed by atoms with E-state index < -0.39 is 8.05 Å². The van der Waals surface area contributed by atoms with Crippen LogP contribution in [0.3, 0.4) is 0 Å². The largest absolute Gasteiger partial charge is 0.269 e. The van der Waals surface area contributed by atoms with Crippen LogP contribution in [0.5, 0.6) is 0 Å². The van der Waals surface area contributed by atoms with Crippen molar-refractivity contribution >= 4 is 52.3 Å². The van der Waals surface area contributed by atoms with Gasteiger partial charge in [0.15, 0.2) is 0 Å². The van der Waals surface area contributed by atoms with E-state index in [1.807, 2.05) is 0 Å². The molecule has 0 atom stereocenters. The number of nitro groups is 1. The fourth-order valence-electron chi connectivity index (χ4n) is 0.770. The van der Waals surface area contributed by atoms with Gasteiger partial charge in [-0.2, -0.15) is 0 Å². The molecule has 0 saturated heterocycles. The third-order valence-corrected chi connectivity index (χ3v) is 2.71. The Morgan fingerprint density at radius 1 is 1.21 bits per heavy atom. The molecule has 0 N–H and O–H groups in total. The molecular formula is C7H4Cl3NO2S. The van der Waals surface area contributed by atoms with Crippen LogP contribution in [-0.4, -0.2) is 8.05 Å². The molecule has 7 heteroatoms. The second kappa shape index (κ2) is 4.57. The minimum atomic E-state index is -1.45. The molecule has 1 aromatic rings. The van der Waals surface area contributed by atoms with Crippen molar-refractivity contribution in [1.29, 1.82) is 0 Å². The number of halogens is 3. The first-order valence-electron chi connectivity index (χ1n) is 3.39. The average molecular weight is 273 g/mol. The van der Waals surface area contributed by atoms with Crippen LogP contribution in [0.25, 0.3) is 0 Å². The summed E-state index contributed by atoms with van der Waals surface area (Å²) in [6, 6.07) is 5.78. The van der Waals surface area contributed by atoms with Gasteiger partial charge in [0.2, 0.25) is 3.12 Å². The van der Waals surface area contributed by atoms with Gasteiger partial charge in [-0.1, -0.05) is 46.6 Å². The molecule has 0 aromatic heterocycles. The van der Waals surface area contributed by atoms with Gasteiger partial charge in [0.05, 0.1) is 4.92 Å². The Hall–Kier alpha value is -0.160. The van der Waals surface area contributed by atoms with Crippen LogP contribution < -0.4 is 0 Å². The van der Waals surface area contributed by atoms with Crippen molar-refractivity contribution in [3.05, 3.63) is 34.4 Å². The predicted molar refractivity (Wildman–Crippen MR) is 59.2 cm³/mol. The Labute approximate surface area is 99.5 Å². The van der Waals surface area contributed by atoms with Crippen LogP contribution in [0.15, 0.2) is 29.2 Å². The first-order chi connectivity index (χ1) is 6.38. The van der Waals surface area contributed by atoms with Crippen molar-refractivity contribution in [3.8, 4) is 0 Å². The smallest absolute Gasteiger partial charge is 0.258 e. The Morgan fingerprint density at radius 3 is 2.07 bits per heavy atom. The summed E-state index contributed by atoms with van der Waals surface area (Å²) in [6.07, 6.45) is 0. The molecule has 0 heterocycles. The van der Waals surface area contributed by atoms with Gasteiger partial charge in [-0.25, -0.2) is 0 Å². The zero-order valence-corrected chi connectivity index (χ0v) is 9.70. The summed E-state index contributed by atoms with van der Waals surface area (Å²) >= 11 is 17.6. The molecule has 0 bridgehead atoms. The van der Waals surface area contributed by atoms with E-state index in [0.717, 1.165) is 11.8 Å². The number of hydrogen-bond donors (Lipinski definition) is 0. The monoisotopic (exact) mass is 271 g/mol. The zero-order valence-electron chi connectivity index (χ0n) is 6.62. The van der Waals surface area contributed by atoms with Crippen LogP contribution in [-0.2, 0) is 0 Å². The lowest BCUT2D eigenvalue weighted by Gasteiger charge is -2.08. The van der Waals surface area contributed by atoms with Crippen LogP contribution in [0.4, 0.5) is 5.69 Å². The van der Waals surface area contributed by atoms with Gasteiger partial charge in [0.25, 0.3) is 5.69 Å². The standard InChI is InChI=1S/C7H4Cl3NO2S/c8-7(9,10)14-6-3-1-5(2-4-6)11(12)13/h1-4H. The maximum Gasteiger partial charge on any atom is 0.269 e. The van der Waals surface area contributed by atoms with Crippen LogP contribution in [0.2, 0.25) is 0 Å². The summed E-state index contributed by atoms with van der Waals surface area (Å²) in [5.74, 6) is 0. The van der Waals surface area contributed by atoms with Gasteiger partial charge in [-0.3, -0.25) is 10.1 Å². The summed E-state index contributed by atoms with van der Waals surface area (Å²) < 4.78 is -1.45. The highest BCUT2D eigenvalue weighted by Crippen LogP contribution is 2.43. The molecular weight excluding hydrogens is 269 g/mol.